The van der Waals surface area contributed by atoms with Gasteiger partial charge in [0.2, 0.25) is 0 Å². The van der Waals surface area contributed by atoms with Gasteiger partial charge in [-0.1, -0.05) is 48.9 Å². The molecule has 2 nitrogen and oxygen atoms in total. The van der Waals surface area contributed by atoms with E-state index in [0.29, 0.717) is 0 Å². The average molecular weight is 283 g/mol. The third-order valence-electron chi connectivity index (χ3n) is 3.74. The SMILES string of the molecule is CCCNC(c1cccc(C)c1)c1ccc(C)c(OC)c1. The van der Waals surface area contributed by atoms with Crippen LogP contribution < -0.4 is 10.1 Å². The molecule has 0 saturated heterocycles. The molecule has 0 aliphatic carbocycles. The van der Waals surface area contributed by atoms with Crippen molar-refractivity contribution in [2.45, 2.75) is 33.2 Å². The van der Waals surface area contributed by atoms with E-state index in [1.165, 1.54) is 22.3 Å². The summed E-state index contributed by atoms with van der Waals surface area (Å²) in [5, 5.41) is 3.64. The lowest BCUT2D eigenvalue weighted by molar-refractivity contribution is 0.410. The van der Waals surface area contributed by atoms with Crippen LogP contribution in [0.3, 0.4) is 0 Å². The lowest BCUT2D eigenvalue weighted by atomic mass is 9.96. The summed E-state index contributed by atoms with van der Waals surface area (Å²) in [4.78, 5) is 0. The van der Waals surface area contributed by atoms with Crippen LogP contribution in [0.25, 0.3) is 0 Å². The van der Waals surface area contributed by atoms with Crippen LogP contribution in [0, 0.1) is 13.8 Å². The van der Waals surface area contributed by atoms with Crippen molar-refractivity contribution in [3.05, 3.63) is 64.7 Å². The first-order valence-electron chi connectivity index (χ1n) is 7.60. The molecule has 2 aromatic carbocycles. The van der Waals surface area contributed by atoms with E-state index in [4.69, 9.17) is 4.74 Å². The van der Waals surface area contributed by atoms with Gasteiger partial charge in [-0.2, -0.15) is 0 Å². The second-order valence-electron chi connectivity index (χ2n) is 5.53. The molecule has 0 aliphatic heterocycles. The Labute approximate surface area is 128 Å². The topological polar surface area (TPSA) is 21.3 Å². The maximum atomic E-state index is 5.47. The Balaban J connectivity index is 2.40. The van der Waals surface area contributed by atoms with Crippen molar-refractivity contribution in [1.29, 1.82) is 0 Å². The quantitative estimate of drug-likeness (QED) is 0.848. The Morgan fingerprint density at radius 3 is 2.48 bits per heavy atom. The number of hydrogen-bond acceptors (Lipinski definition) is 2. The van der Waals surface area contributed by atoms with Crippen LogP contribution >= 0.6 is 0 Å². The van der Waals surface area contributed by atoms with E-state index in [0.717, 1.165) is 18.7 Å². The summed E-state index contributed by atoms with van der Waals surface area (Å²) < 4.78 is 5.47. The van der Waals surface area contributed by atoms with E-state index in [1.54, 1.807) is 7.11 Å². The van der Waals surface area contributed by atoms with Crippen LogP contribution in [0.1, 0.15) is 41.6 Å². The lowest BCUT2D eigenvalue weighted by Crippen LogP contribution is -2.23. The van der Waals surface area contributed by atoms with Crippen molar-refractivity contribution in [2.24, 2.45) is 0 Å². The smallest absolute Gasteiger partial charge is 0.122 e. The Kier molecular flexibility index (Phi) is 5.40. The number of ether oxygens (including phenoxy) is 1. The number of methoxy groups -OCH3 is 1. The van der Waals surface area contributed by atoms with Gasteiger partial charge in [0.05, 0.1) is 13.2 Å². The molecule has 2 aromatic rings. The van der Waals surface area contributed by atoms with Crippen molar-refractivity contribution in [3.8, 4) is 5.75 Å². The molecule has 0 radical (unpaired) electrons. The molecule has 0 saturated carbocycles. The minimum absolute atomic E-state index is 0.208. The van der Waals surface area contributed by atoms with Crippen LogP contribution in [-0.4, -0.2) is 13.7 Å². The third-order valence-corrected chi connectivity index (χ3v) is 3.74. The van der Waals surface area contributed by atoms with E-state index < -0.39 is 0 Å². The molecular weight excluding hydrogens is 258 g/mol. The summed E-state index contributed by atoms with van der Waals surface area (Å²) >= 11 is 0. The van der Waals surface area contributed by atoms with Crippen LogP contribution in [0.2, 0.25) is 0 Å². The van der Waals surface area contributed by atoms with Crippen molar-refractivity contribution in [3.63, 3.8) is 0 Å². The molecule has 1 N–H and O–H groups in total. The number of aryl methyl sites for hydroxylation is 2. The predicted molar refractivity (Wildman–Crippen MR) is 89.0 cm³/mol. The van der Waals surface area contributed by atoms with E-state index in [-0.39, 0.29) is 6.04 Å². The van der Waals surface area contributed by atoms with Gasteiger partial charge in [0.15, 0.2) is 0 Å². The molecule has 2 heteroatoms. The van der Waals surface area contributed by atoms with Crippen LogP contribution in [0.4, 0.5) is 0 Å². The second-order valence-corrected chi connectivity index (χ2v) is 5.53. The second kappa shape index (κ2) is 7.28. The molecule has 1 unspecified atom stereocenters. The highest BCUT2D eigenvalue weighted by atomic mass is 16.5. The lowest BCUT2D eigenvalue weighted by Gasteiger charge is -2.21. The van der Waals surface area contributed by atoms with Crippen molar-refractivity contribution >= 4 is 0 Å². The Hall–Kier alpha value is -1.80. The largest absolute Gasteiger partial charge is 0.496 e. The molecular formula is C19H25NO. The van der Waals surface area contributed by atoms with E-state index >= 15 is 0 Å². The first-order chi connectivity index (χ1) is 10.2. The van der Waals surface area contributed by atoms with Gasteiger partial charge in [-0.05, 0) is 49.6 Å². The van der Waals surface area contributed by atoms with E-state index in [2.05, 4.69) is 68.6 Å². The van der Waals surface area contributed by atoms with Gasteiger partial charge in [-0.15, -0.1) is 0 Å². The highest BCUT2D eigenvalue weighted by Crippen LogP contribution is 2.28. The number of rotatable bonds is 6. The van der Waals surface area contributed by atoms with E-state index in [1.807, 2.05) is 0 Å². The Morgan fingerprint density at radius 2 is 1.81 bits per heavy atom. The molecule has 0 spiro atoms. The number of nitrogens with one attached hydrogen (secondary N) is 1. The number of hydrogen-bond donors (Lipinski definition) is 1. The fraction of sp³-hybridized carbons (Fsp3) is 0.368. The summed E-state index contributed by atoms with van der Waals surface area (Å²) in [6.07, 6.45) is 1.12. The molecule has 21 heavy (non-hydrogen) atoms. The van der Waals surface area contributed by atoms with Crippen LogP contribution in [0.5, 0.6) is 5.75 Å². The maximum Gasteiger partial charge on any atom is 0.122 e. The first-order valence-corrected chi connectivity index (χ1v) is 7.60. The highest BCUT2D eigenvalue weighted by molar-refractivity contribution is 5.41. The summed E-state index contributed by atoms with van der Waals surface area (Å²) in [5.41, 5.74) is 5.00. The molecule has 0 fully saturated rings. The first kappa shape index (κ1) is 15.6. The van der Waals surface area contributed by atoms with Gasteiger partial charge < -0.3 is 10.1 Å². The highest BCUT2D eigenvalue weighted by Gasteiger charge is 2.14. The van der Waals surface area contributed by atoms with E-state index in [9.17, 15) is 0 Å². The fourth-order valence-corrected chi connectivity index (χ4v) is 2.58. The zero-order chi connectivity index (χ0) is 15.2. The monoisotopic (exact) mass is 283 g/mol. The molecule has 1 atom stereocenters. The molecule has 0 heterocycles. The van der Waals surface area contributed by atoms with Gasteiger partial charge in [-0.25, -0.2) is 0 Å². The molecule has 0 aromatic heterocycles. The molecule has 0 aliphatic rings. The van der Waals surface area contributed by atoms with Gasteiger partial charge in [0.1, 0.15) is 5.75 Å². The summed E-state index contributed by atoms with van der Waals surface area (Å²) in [5.74, 6) is 0.948. The summed E-state index contributed by atoms with van der Waals surface area (Å²) in [7, 11) is 1.73. The van der Waals surface area contributed by atoms with Gasteiger partial charge in [0, 0.05) is 0 Å². The summed E-state index contributed by atoms with van der Waals surface area (Å²) in [6, 6.07) is 15.4. The van der Waals surface area contributed by atoms with Crippen molar-refractivity contribution < 1.29 is 4.74 Å². The molecule has 112 valence electrons. The average Bonchev–Trinajstić information content (AvgIpc) is 2.49. The molecule has 2 rings (SSSR count). The zero-order valence-corrected chi connectivity index (χ0v) is 13.4. The Bertz CT molecular complexity index is 592. The van der Waals surface area contributed by atoms with Crippen LogP contribution in [-0.2, 0) is 0 Å². The predicted octanol–water partition coefficient (Wildman–Crippen LogP) is 4.40. The molecule has 0 bridgehead atoms. The third kappa shape index (κ3) is 3.85. The zero-order valence-electron chi connectivity index (χ0n) is 13.4. The van der Waals surface area contributed by atoms with Gasteiger partial charge in [-0.3, -0.25) is 0 Å². The normalized spacial score (nSPS) is 12.2. The number of benzene rings is 2. The minimum atomic E-state index is 0.208. The summed E-state index contributed by atoms with van der Waals surface area (Å²) in [6.45, 7) is 7.39. The van der Waals surface area contributed by atoms with Crippen molar-refractivity contribution in [2.75, 3.05) is 13.7 Å². The van der Waals surface area contributed by atoms with Gasteiger partial charge >= 0.3 is 0 Å². The fourth-order valence-electron chi connectivity index (χ4n) is 2.58. The van der Waals surface area contributed by atoms with Crippen molar-refractivity contribution in [1.82, 2.24) is 5.32 Å². The Morgan fingerprint density at radius 1 is 1.05 bits per heavy atom. The standard InChI is InChI=1S/C19H25NO/c1-5-11-20-19(16-8-6-7-14(2)12-16)17-10-9-15(3)18(13-17)21-4/h6-10,12-13,19-20H,5,11H2,1-4H3. The van der Waals surface area contributed by atoms with Gasteiger partial charge in [0.25, 0.3) is 0 Å². The maximum absolute atomic E-state index is 5.47. The molecule has 0 amide bonds. The minimum Gasteiger partial charge on any atom is -0.496 e. The van der Waals surface area contributed by atoms with Crippen LogP contribution in [0.15, 0.2) is 42.5 Å².